The second-order valence-corrected chi connectivity index (χ2v) is 7.60. The zero-order valence-corrected chi connectivity index (χ0v) is 16.3. The first-order valence-corrected chi connectivity index (χ1v) is 9.79. The summed E-state index contributed by atoms with van der Waals surface area (Å²) in [5, 5.41) is 7.10. The summed E-state index contributed by atoms with van der Waals surface area (Å²) in [4.78, 5) is 39.2. The molecule has 0 spiro atoms. The number of imide groups is 1. The summed E-state index contributed by atoms with van der Waals surface area (Å²) in [6, 6.07) is 9.21. The van der Waals surface area contributed by atoms with Crippen LogP contribution in [0.2, 0.25) is 0 Å². The molecular formula is C20H23N3O3S. The normalized spacial score (nSPS) is 15.4. The van der Waals surface area contributed by atoms with Gasteiger partial charge in [0.05, 0.1) is 12.6 Å². The molecule has 1 saturated heterocycles. The number of likely N-dealkylation sites (N-methyl/N-ethyl adjacent to an activating group) is 1. The largest absolute Gasteiger partial charge is 0.350 e. The van der Waals surface area contributed by atoms with Crippen molar-refractivity contribution in [2.24, 2.45) is 0 Å². The second kappa shape index (κ2) is 8.45. The molecule has 1 aliphatic rings. The Morgan fingerprint density at radius 1 is 1.15 bits per heavy atom. The Bertz CT molecular complexity index is 800. The minimum absolute atomic E-state index is 0.117. The molecule has 1 fully saturated rings. The molecule has 1 aliphatic heterocycles. The van der Waals surface area contributed by atoms with Crippen molar-refractivity contribution >= 4 is 29.1 Å². The van der Waals surface area contributed by atoms with Crippen LogP contribution in [0.4, 0.5) is 0 Å². The molecule has 0 saturated carbocycles. The quantitative estimate of drug-likeness (QED) is 0.743. The van der Waals surface area contributed by atoms with Crippen molar-refractivity contribution < 1.29 is 14.4 Å². The molecule has 2 aromatic rings. The molecule has 1 atom stereocenters. The summed E-state index contributed by atoms with van der Waals surface area (Å²) >= 11 is 1.64. The van der Waals surface area contributed by atoms with Crippen LogP contribution in [-0.4, -0.2) is 48.2 Å². The van der Waals surface area contributed by atoms with Gasteiger partial charge in [0.15, 0.2) is 0 Å². The fraction of sp³-hybridized carbons (Fsp3) is 0.350. The van der Waals surface area contributed by atoms with E-state index in [1.54, 1.807) is 35.6 Å². The number of benzene rings is 1. The van der Waals surface area contributed by atoms with Gasteiger partial charge in [-0.25, -0.2) is 0 Å². The van der Waals surface area contributed by atoms with E-state index in [-0.39, 0.29) is 43.1 Å². The van der Waals surface area contributed by atoms with Gasteiger partial charge in [0.25, 0.3) is 5.91 Å². The summed E-state index contributed by atoms with van der Waals surface area (Å²) in [6.45, 7) is 0.779. The summed E-state index contributed by atoms with van der Waals surface area (Å²) in [5.41, 5.74) is 2.57. The molecule has 1 aromatic carbocycles. The predicted octanol–water partition coefficient (Wildman–Crippen LogP) is 2.43. The molecular weight excluding hydrogens is 362 g/mol. The molecule has 6 nitrogen and oxygen atoms in total. The number of likely N-dealkylation sites (tertiary alicyclic amines) is 1. The third kappa shape index (κ3) is 4.61. The molecule has 1 aromatic heterocycles. The topological polar surface area (TPSA) is 69.7 Å². The lowest BCUT2D eigenvalue weighted by atomic mass is 10.1. The molecule has 0 radical (unpaired) electrons. The van der Waals surface area contributed by atoms with E-state index in [2.05, 4.69) is 21.7 Å². The summed E-state index contributed by atoms with van der Waals surface area (Å²) in [5.74, 6) is -0.410. The molecule has 1 N–H and O–H groups in total. The number of nitrogens with one attached hydrogen (secondary N) is 1. The lowest BCUT2D eigenvalue weighted by Gasteiger charge is -2.24. The number of thiophene rings is 1. The van der Waals surface area contributed by atoms with Gasteiger partial charge >= 0.3 is 0 Å². The van der Waals surface area contributed by atoms with Gasteiger partial charge in [0.2, 0.25) is 11.8 Å². The molecule has 0 bridgehead atoms. The van der Waals surface area contributed by atoms with Crippen LogP contribution >= 0.6 is 11.3 Å². The van der Waals surface area contributed by atoms with Crippen molar-refractivity contribution in [3.8, 4) is 0 Å². The Hall–Kier alpha value is -2.51. The average molecular weight is 385 g/mol. The number of nitrogens with zero attached hydrogens (tertiary/aromatic N) is 2. The van der Waals surface area contributed by atoms with Gasteiger partial charge in [-0.1, -0.05) is 12.1 Å². The smallest absolute Gasteiger partial charge is 0.251 e. The zero-order chi connectivity index (χ0) is 19.4. The Morgan fingerprint density at radius 2 is 1.81 bits per heavy atom. The van der Waals surface area contributed by atoms with E-state index in [1.165, 1.54) is 10.5 Å². The van der Waals surface area contributed by atoms with Gasteiger partial charge in [-0.05, 0) is 54.2 Å². The lowest BCUT2D eigenvalue weighted by molar-refractivity contribution is -0.139. The maximum absolute atomic E-state index is 12.5. The lowest BCUT2D eigenvalue weighted by Crippen LogP contribution is -2.34. The van der Waals surface area contributed by atoms with Crippen molar-refractivity contribution in [2.45, 2.75) is 25.4 Å². The molecule has 1 unspecified atom stereocenters. The number of carbonyl (C=O) groups is 3. The van der Waals surface area contributed by atoms with Crippen LogP contribution in [0, 0.1) is 0 Å². The third-order valence-electron chi connectivity index (χ3n) is 4.72. The van der Waals surface area contributed by atoms with Crippen molar-refractivity contribution in [1.82, 2.24) is 15.1 Å². The maximum Gasteiger partial charge on any atom is 0.251 e. The number of rotatable bonds is 7. The fourth-order valence-corrected chi connectivity index (χ4v) is 3.80. The zero-order valence-electron chi connectivity index (χ0n) is 15.5. The second-order valence-electron chi connectivity index (χ2n) is 6.82. The van der Waals surface area contributed by atoms with Crippen LogP contribution in [0.15, 0.2) is 41.1 Å². The standard InChI is InChI=1S/C20H23N3O3S/c1-22(2)17(16-9-10-27-13-16)11-21-20(26)15-5-3-14(4-6-15)12-23-18(24)7-8-19(23)25/h3-6,9-10,13,17H,7-8,11-12H2,1-2H3,(H,21,26). The van der Waals surface area contributed by atoms with Crippen molar-refractivity contribution in [3.63, 3.8) is 0 Å². The van der Waals surface area contributed by atoms with Gasteiger partial charge < -0.3 is 10.2 Å². The highest BCUT2D eigenvalue weighted by molar-refractivity contribution is 7.07. The van der Waals surface area contributed by atoms with Gasteiger partial charge in [0, 0.05) is 24.9 Å². The van der Waals surface area contributed by atoms with E-state index in [9.17, 15) is 14.4 Å². The first kappa shape index (κ1) is 19.3. The molecule has 3 rings (SSSR count). The summed E-state index contributed by atoms with van der Waals surface area (Å²) < 4.78 is 0. The summed E-state index contributed by atoms with van der Waals surface area (Å²) in [7, 11) is 3.98. The van der Waals surface area contributed by atoms with Gasteiger partial charge in [-0.2, -0.15) is 11.3 Å². The van der Waals surface area contributed by atoms with Crippen LogP contribution in [0.25, 0.3) is 0 Å². The summed E-state index contributed by atoms with van der Waals surface area (Å²) in [6.07, 6.45) is 0.576. The van der Waals surface area contributed by atoms with Crippen molar-refractivity contribution in [1.29, 1.82) is 0 Å². The van der Waals surface area contributed by atoms with Crippen LogP contribution in [0.3, 0.4) is 0 Å². The van der Waals surface area contributed by atoms with Crippen LogP contribution in [-0.2, 0) is 16.1 Å². The maximum atomic E-state index is 12.5. The monoisotopic (exact) mass is 385 g/mol. The Morgan fingerprint density at radius 3 is 2.37 bits per heavy atom. The predicted molar refractivity (Wildman–Crippen MR) is 104 cm³/mol. The number of carbonyl (C=O) groups excluding carboxylic acids is 3. The Kier molecular flexibility index (Phi) is 6.03. The van der Waals surface area contributed by atoms with Crippen LogP contribution in [0.1, 0.15) is 40.4 Å². The van der Waals surface area contributed by atoms with E-state index in [0.29, 0.717) is 12.1 Å². The molecule has 7 heteroatoms. The van der Waals surface area contributed by atoms with Crippen LogP contribution in [0.5, 0.6) is 0 Å². The van der Waals surface area contributed by atoms with Gasteiger partial charge in [-0.3, -0.25) is 19.3 Å². The van der Waals surface area contributed by atoms with Crippen molar-refractivity contribution in [3.05, 3.63) is 57.8 Å². The number of hydrogen-bond donors (Lipinski definition) is 1. The van der Waals surface area contributed by atoms with Gasteiger partial charge in [-0.15, -0.1) is 0 Å². The van der Waals surface area contributed by atoms with Crippen LogP contribution < -0.4 is 5.32 Å². The number of hydrogen-bond acceptors (Lipinski definition) is 5. The van der Waals surface area contributed by atoms with Gasteiger partial charge in [0.1, 0.15) is 0 Å². The van der Waals surface area contributed by atoms with Crippen molar-refractivity contribution in [2.75, 3.05) is 20.6 Å². The number of amides is 3. The minimum atomic E-state index is -0.142. The molecule has 142 valence electrons. The van der Waals surface area contributed by atoms with E-state index in [0.717, 1.165) is 5.56 Å². The van der Waals surface area contributed by atoms with E-state index >= 15 is 0 Å². The molecule has 2 heterocycles. The minimum Gasteiger partial charge on any atom is -0.350 e. The SMILES string of the molecule is CN(C)C(CNC(=O)c1ccc(CN2C(=O)CCC2=O)cc1)c1ccsc1. The first-order chi connectivity index (χ1) is 13.0. The third-order valence-corrected chi connectivity index (χ3v) is 5.42. The molecule has 3 amide bonds. The Balaban J connectivity index is 1.59. The van der Waals surface area contributed by atoms with E-state index < -0.39 is 0 Å². The highest BCUT2D eigenvalue weighted by Crippen LogP contribution is 2.20. The highest BCUT2D eigenvalue weighted by atomic mass is 32.1. The molecule has 0 aliphatic carbocycles. The average Bonchev–Trinajstić information content (AvgIpc) is 3.28. The Labute approximate surface area is 162 Å². The van der Waals surface area contributed by atoms with E-state index in [4.69, 9.17) is 0 Å². The highest BCUT2D eigenvalue weighted by Gasteiger charge is 2.28. The molecule has 27 heavy (non-hydrogen) atoms. The van der Waals surface area contributed by atoms with E-state index in [1.807, 2.05) is 19.5 Å². The first-order valence-electron chi connectivity index (χ1n) is 8.84. The fourth-order valence-electron chi connectivity index (χ4n) is 3.10.